The maximum Gasteiger partial charge on any atom is 0.139 e. The SMILES string of the molecule is Cc1cc(Br)c(F)cc1N1CCCCCC1. The maximum absolute atomic E-state index is 13.5. The minimum atomic E-state index is -0.162. The summed E-state index contributed by atoms with van der Waals surface area (Å²) in [7, 11) is 0. The summed E-state index contributed by atoms with van der Waals surface area (Å²) in [5, 5.41) is 0. The van der Waals surface area contributed by atoms with E-state index in [1.165, 1.54) is 25.7 Å². The van der Waals surface area contributed by atoms with Crippen molar-refractivity contribution >= 4 is 21.6 Å². The number of hydrogen-bond donors (Lipinski definition) is 0. The van der Waals surface area contributed by atoms with Crippen molar-refractivity contribution in [2.45, 2.75) is 32.6 Å². The van der Waals surface area contributed by atoms with Gasteiger partial charge in [0, 0.05) is 18.8 Å². The quantitative estimate of drug-likeness (QED) is 0.745. The van der Waals surface area contributed by atoms with Crippen molar-refractivity contribution in [2.24, 2.45) is 0 Å². The Labute approximate surface area is 105 Å². The van der Waals surface area contributed by atoms with Gasteiger partial charge in [0.05, 0.1) is 4.47 Å². The minimum Gasteiger partial charge on any atom is -0.371 e. The van der Waals surface area contributed by atoms with Gasteiger partial charge >= 0.3 is 0 Å². The molecule has 1 heterocycles. The van der Waals surface area contributed by atoms with Gasteiger partial charge < -0.3 is 4.90 Å². The molecule has 16 heavy (non-hydrogen) atoms. The predicted octanol–water partition coefficient (Wildman–Crippen LogP) is 4.28. The number of aryl methyl sites for hydroxylation is 1. The summed E-state index contributed by atoms with van der Waals surface area (Å²) in [6.07, 6.45) is 5.04. The lowest BCUT2D eigenvalue weighted by Gasteiger charge is -2.24. The van der Waals surface area contributed by atoms with Crippen LogP contribution in [-0.4, -0.2) is 13.1 Å². The van der Waals surface area contributed by atoms with Crippen LogP contribution in [0.25, 0.3) is 0 Å². The van der Waals surface area contributed by atoms with Crippen molar-refractivity contribution < 1.29 is 4.39 Å². The van der Waals surface area contributed by atoms with Crippen LogP contribution in [-0.2, 0) is 0 Å². The number of hydrogen-bond acceptors (Lipinski definition) is 1. The first-order valence-corrected chi connectivity index (χ1v) is 6.68. The molecule has 1 saturated heterocycles. The molecule has 0 amide bonds. The molecular formula is C13H17BrFN. The monoisotopic (exact) mass is 285 g/mol. The molecule has 0 bridgehead atoms. The van der Waals surface area contributed by atoms with E-state index in [0.717, 1.165) is 24.3 Å². The first-order valence-electron chi connectivity index (χ1n) is 5.89. The lowest BCUT2D eigenvalue weighted by atomic mass is 10.1. The number of rotatable bonds is 1. The van der Waals surface area contributed by atoms with Crippen LogP contribution >= 0.6 is 15.9 Å². The van der Waals surface area contributed by atoms with E-state index in [1.54, 1.807) is 6.07 Å². The van der Waals surface area contributed by atoms with Gasteiger partial charge in [0.2, 0.25) is 0 Å². The molecule has 1 nitrogen and oxygen atoms in total. The van der Waals surface area contributed by atoms with Crippen molar-refractivity contribution in [2.75, 3.05) is 18.0 Å². The summed E-state index contributed by atoms with van der Waals surface area (Å²) in [4.78, 5) is 2.32. The molecule has 0 N–H and O–H groups in total. The molecule has 1 fully saturated rings. The highest BCUT2D eigenvalue weighted by atomic mass is 79.9. The molecule has 0 atom stereocenters. The summed E-state index contributed by atoms with van der Waals surface area (Å²) in [6, 6.07) is 3.53. The van der Waals surface area contributed by atoms with Crippen LogP contribution in [0.2, 0.25) is 0 Å². The van der Waals surface area contributed by atoms with Crippen LogP contribution in [0.3, 0.4) is 0 Å². The predicted molar refractivity (Wildman–Crippen MR) is 69.5 cm³/mol. The van der Waals surface area contributed by atoms with Gasteiger partial charge in [-0.05, 0) is 53.4 Å². The van der Waals surface area contributed by atoms with E-state index >= 15 is 0 Å². The smallest absolute Gasteiger partial charge is 0.139 e. The third-order valence-electron chi connectivity index (χ3n) is 3.19. The Hall–Kier alpha value is -0.570. The molecule has 88 valence electrons. The van der Waals surface area contributed by atoms with Gasteiger partial charge in [0.25, 0.3) is 0 Å². The van der Waals surface area contributed by atoms with Crippen LogP contribution in [0.5, 0.6) is 0 Å². The highest BCUT2D eigenvalue weighted by molar-refractivity contribution is 9.10. The van der Waals surface area contributed by atoms with Crippen LogP contribution in [0.15, 0.2) is 16.6 Å². The van der Waals surface area contributed by atoms with E-state index in [-0.39, 0.29) is 5.82 Å². The average Bonchev–Trinajstić information content (AvgIpc) is 2.52. The summed E-state index contributed by atoms with van der Waals surface area (Å²) < 4.78 is 14.1. The Bertz CT molecular complexity index is 370. The number of nitrogens with zero attached hydrogens (tertiary/aromatic N) is 1. The summed E-state index contributed by atoms with van der Waals surface area (Å²) in [5.41, 5.74) is 2.21. The molecule has 0 spiro atoms. The Morgan fingerprint density at radius 3 is 2.38 bits per heavy atom. The van der Waals surface area contributed by atoms with Crippen LogP contribution < -0.4 is 4.90 Å². The largest absolute Gasteiger partial charge is 0.371 e. The minimum absolute atomic E-state index is 0.162. The van der Waals surface area contributed by atoms with Crippen molar-refractivity contribution in [1.82, 2.24) is 0 Å². The molecule has 1 aromatic carbocycles. The first kappa shape index (κ1) is 11.9. The van der Waals surface area contributed by atoms with E-state index in [4.69, 9.17) is 0 Å². The fourth-order valence-electron chi connectivity index (χ4n) is 2.29. The lowest BCUT2D eigenvalue weighted by Crippen LogP contribution is -2.24. The fraction of sp³-hybridized carbons (Fsp3) is 0.538. The van der Waals surface area contributed by atoms with Crippen LogP contribution in [0.4, 0.5) is 10.1 Å². The summed E-state index contributed by atoms with van der Waals surface area (Å²) in [6.45, 7) is 4.16. The van der Waals surface area contributed by atoms with E-state index in [0.29, 0.717) is 4.47 Å². The Balaban J connectivity index is 2.27. The van der Waals surface area contributed by atoms with Gasteiger partial charge in [0.15, 0.2) is 0 Å². The van der Waals surface area contributed by atoms with E-state index < -0.39 is 0 Å². The molecule has 3 heteroatoms. The molecule has 0 saturated carbocycles. The number of halogens is 2. The van der Waals surface area contributed by atoms with Crippen molar-refractivity contribution in [3.8, 4) is 0 Å². The van der Waals surface area contributed by atoms with Gasteiger partial charge in [-0.2, -0.15) is 0 Å². The molecule has 1 aliphatic heterocycles. The molecule has 0 aliphatic carbocycles. The second-order valence-corrected chi connectivity index (χ2v) is 5.31. The third-order valence-corrected chi connectivity index (χ3v) is 3.79. The third kappa shape index (κ3) is 2.57. The van der Waals surface area contributed by atoms with E-state index in [2.05, 4.69) is 20.8 Å². The molecular weight excluding hydrogens is 269 g/mol. The summed E-state index contributed by atoms with van der Waals surface area (Å²) in [5.74, 6) is -0.162. The highest BCUT2D eigenvalue weighted by Gasteiger charge is 2.14. The van der Waals surface area contributed by atoms with Crippen molar-refractivity contribution in [1.29, 1.82) is 0 Å². The topological polar surface area (TPSA) is 3.24 Å². The Morgan fingerprint density at radius 1 is 1.12 bits per heavy atom. The molecule has 0 radical (unpaired) electrons. The second kappa shape index (κ2) is 5.17. The molecule has 0 unspecified atom stereocenters. The molecule has 1 aromatic rings. The zero-order chi connectivity index (χ0) is 11.5. The fourth-order valence-corrected chi connectivity index (χ4v) is 2.75. The number of anilines is 1. The van der Waals surface area contributed by atoms with Gasteiger partial charge in [0.1, 0.15) is 5.82 Å². The second-order valence-electron chi connectivity index (χ2n) is 4.45. The van der Waals surface area contributed by atoms with Crippen molar-refractivity contribution in [3.05, 3.63) is 28.0 Å². The lowest BCUT2D eigenvalue weighted by molar-refractivity contribution is 0.619. The standard InChI is InChI=1S/C13H17BrFN/c1-10-8-11(14)12(15)9-13(10)16-6-4-2-3-5-7-16/h8-9H,2-7H2,1H3. The number of benzene rings is 1. The molecule has 0 aromatic heterocycles. The zero-order valence-corrected chi connectivity index (χ0v) is 11.2. The average molecular weight is 286 g/mol. The van der Waals surface area contributed by atoms with E-state index in [9.17, 15) is 4.39 Å². The van der Waals surface area contributed by atoms with Gasteiger partial charge in [-0.25, -0.2) is 4.39 Å². The molecule has 2 rings (SSSR count). The normalized spacial score (nSPS) is 17.3. The Morgan fingerprint density at radius 2 is 1.75 bits per heavy atom. The van der Waals surface area contributed by atoms with E-state index in [1.807, 2.05) is 13.0 Å². The van der Waals surface area contributed by atoms with Gasteiger partial charge in [-0.15, -0.1) is 0 Å². The van der Waals surface area contributed by atoms with Gasteiger partial charge in [-0.3, -0.25) is 0 Å². The first-order chi connectivity index (χ1) is 7.68. The zero-order valence-electron chi connectivity index (χ0n) is 9.60. The van der Waals surface area contributed by atoms with Crippen LogP contribution in [0.1, 0.15) is 31.2 Å². The van der Waals surface area contributed by atoms with Gasteiger partial charge in [-0.1, -0.05) is 12.8 Å². The highest BCUT2D eigenvalue weighted by Crippen LogP contribution is 2.28. The Kier molecular flexibility index (Phi) is 3.85. The van der Waals surface area contributed by atoms with Crippen LogP contribution in [0, 0.1) is 12.7 Å². The molecule has 1 aliphatic rings. The van der Waals surface area contributed by atoms with Crippen molar-refractivity contribution in [3.63, 3.8) is 0 Å². The summed E-state index contributed by atoms with van der Waals surface area (Å²) >= 11 is 3.23. The maximum atomic E-state index is 13.5.